The first kappa shape index (κ1) is 10.1. The summed E-state index contributed by atoms with van der Waals surface area (Å²) in [6, 6.07) is 0.308. The van der Waals surface area contributed by atoms with Crippen LogP contribution in [0, 0.1) is 0 Å². The third-order valence-electron chi connectivity index (χ3n) is 2.48. The van der Waals surface area contributed by atoms with Crippen LogP contribution >= 0.6 is 0 Å². The van der Waals surface area contributed by atoms with Crippen molar-refractivity contribution in [1.29, 1.82) is 0 Å². The van der Waals surface area contributed by atoms with Crippen LogP contribution < -0.4 is 10.6 Å². The second-order valence-electron chi connectivity index (χ2n) is 3.68. The molecule has 2 rings (SSSR count). The smallest absolute Gasteiger partial charge is 0.242 e. The number of hydrogen-bond donors (Lipinski definition) is 2. The van der Waals surface area contributed by atoms with Crippen LogP contribution in [0.1, 0.15) is 12.8 Å². The number of nitrogens with one attached hydrogen (secondary N) is 2. The highest BCUT2D eigenvalue weighted by molar-refractivity contribution is 5.75. The van der Waals surface area contributed by atoms with Gasteiger partial charge in [0, 0.05) is 6.04 Å². The Morgan fingerprint density at radius 2 is 2.33 bits per heavy atom. The zero-order valence-electron chi connectivity index (χ0n) is 8.52. The molecule has 0 radical (unpaired) electrons. The molecule has 2 heterocycles. The first-order chi connectivity index (χ1) is 7.34. The van der Waals surface area contributed by atoms with Gasteiger partial charge in [-0.15, -0.1) is 0 Å². The number of carbonyl (C=O) groups is 1. The van der Waals surface area contributed by atoms with Crippen molar-refractivity contribution in [2.45, 2.75) is 25.4 Å². The van der Waals surface area contributed by atoms with Gasteiger partial charge < -0.3 is 10.6 Å². The molecule has 0 spiro atoms. The molecule has 15 heavy (non-hydrogen) atoms. The van der Waals surface area contributed by atoms with Gasteiger partial charge in [-0.3, -0.25) is 4.79 Å². The first-order valence-electron chi connectivity index (χ1n) is 5.17. The SMILES string of the molecule is O=C(Cn1cncn1)NC1CCNCC1. The Labute approximate surface area is 88.1 Å². The molecule has 1 saturated heterocycles. The van der Waals surface area contributed by atoms with Crippen LogP contribution in [0.2, 0.25) is 0 Å². The number of carbonyl (C=O) groups excluding carboxylic acids is 1. The van der Waals surface area contributed by atoms with Crippen LogP contribution in [-0.4, -0.2) is 39.8 Å². The summed E-state index contributed by atoms with van der Waals surface area (Å²) in [4.78, 5) is 15.3. The predicted molar refractivity (Wildman–Crippen MR) is 54.1 cm³/mol. The molecule has 6 heteroatoms. The van der Waals surface area contributed by atoms with E-state index in [0.717, 1.165) is 25.9 Å². The van der Waals surface area contributed by atoms with Crippen molar-refractivity contribution in [3.8, 4) is 0 Å². The fourth-order valence-electron chi connectivity index (χ4n) is 1.70. The molecule has 0 aromatic carbocycles. The highest BCUT2D eigenvalue weighted by Crippen LogP contribution is 2.01. The maximum atomic E-state index is 11.6. The summed E-state index contributed by atoms with van der Waals surface area (Å²) in [7, 11) is 0. The van der Waals surface area contributed by atoms with Gasteiger partial charge in [-0.1, -0.05) is 0 Å². The van der Waals surface area contributed by atoms with Crippen molar-refractivity contribution in [3.63, 3.8) is 0 Å². The number of hydrogen-bond acceptors (Lipinski definition) is 4. The van der Waals surface area contributed by atoms with Gasteiger partial charge in [0.05, 0.1) is 0 Å². The van der Waals surface area contributed by atoms with Crippen LogP contribution in [0.5, 0.6) is 0 Å². The Bertz CT molecular complexity index is 304. The quantitative estimate of drug-likeness (QED) is 0.680. The molecule has 6 nitrogen and oxygen atoms in total. The second-order valence-corrected chi connectivity index (χ2v) is 3.68. The molecule has 0 atom stereocenters. The van der Waals surface area contributed by atoms with Crippen molar-refractivity contribution in [3.05, 3.63) is 12.7 Å². The summed E-state index contributed by atoms with van der Waals surface area (Å²) in [5.41, 5.74) is 0. The molecule has 0 unspecified atom stereocenters. The van der Waals surface area contributed by atoms with E-state index in [2.05, 4.69) is 20.7 Å². The fraction of sp³-hybridized carbons (Fsp3) is 0.667. The summed E-state index contributed by atoms with van der Waals surface area (Å²) < 4.78 is 1.52. The third-order valence-corrected chi connectivity index (χ3v) is 2.48. The molecular formula is C9H15N5O. The Hall–Kier alpha value is -1.43. The Kier molecular flexibility index (Phi) is 3.29. The lowest BCUT2D eigenvalue weighted by Crippen LogP contribution is -2.43. The van der Waals surface area contributed by atoms with Crippen molar-refractivity contribution >= 4 is 5.91 Å². The number of amides is 1. The summed E-state index contributed by atoms with van der Waals surface area (Å²) in [5, 5.41) is 10.1. The lowest BCUT2D eigenvalue weighted by molar-refractivity contribution is -0.122. The van der Waals surface area contributed by atoms with E-state index in [1.807, 2.05) is 0 Å². The van der Waals surface area contributed by atoms with Crippen LogP contribution in [0.3, 0.4) is 0 Å². The molecule has 82 valence electrons. The maximum absolute atomic E-state index is 11.6. The van der Waals surface area contributed by atoms with E-state index >= 15 is 0 Å². The van der Waals surface area contributed by atoms with Crippen molar-refractivity contribution in [2.24, 2.45) is 0 Å². The third kappa shape index (κ3) is 3.02. The lowest BCUT2D eigenvalue weighted by atomic mass is 10.1. The zero-order chi connectivity index (χ0) is 10.5. The number of nitrogens with zero attached hydrogens (tertiary/aromatic N) is 3. The van der Waals surface area contributed by atoms with Crippen molar-refractivity contribution in [2.75, 3.05) is 13.1 Å². The minimum absolute atomic E-state index is 0.00685. The monoisotopic (exact) mass is 209 g/mol. The topological polar surface area (TPSA) is 71.8 Å². The van der Waals surface area contributed by atoms with Gasteiger partial charge in [0.15, 0.2) is 0 Å². The van der Waals surface area contributed by atoms with Gasteiger partial charge in [-0.25, -0.2) is 9.67 Å². The van der Waals surface area contributed by atoms with Crippen LogP contribution in [-0.2, 0) is 11.3 Å². The average molecular weight is 209 g/mol. The molecule has 0 saturated carbocycles. The fourth-order valence-corrected chi connectivity index (χ4v) is 1.70. The maximum Gasteiger partial charge on any atom is 0.242 e. The van der Waals surface area contributed by atoms with Crippen LogP contribution in [0.25, 0.3) is 0 Å². The highest BCUT2D eigenvalue weighted by atomic mass is 16.2. The summed E-state index contributed by atoms with van der Waals surface area (Å²) in [6.45, 7) is 2.21. The Morgan fingerprint density at radius 1 is 1.53 bits per heavy atom. The predicted octanol–water partition coefficient (Wildman–Crippen LogP) is -0.854. The van der Waals surface area contributed by atoms with E-state index in [1.165, 1.54) is 11.0 Å². The molecule has 1 fully saturated rings. The second kappa shape index (κ2) is 4.88. The summed E-state index contributed by atoms with van der Waals surface area (Å²) in [5.74, 6) is 0.00685. The largest absolute Gasteiger partial charge is 0.352 e. The molecule has 1 aliphatic rings. The first-order valence-corrected chi connectivity index (χ1v) is 5.17. The molecule has 1 amide bonds. The normalized spacial score (nSPS) is 17.6. The molecule has 1 aromatic rings. The minimum atomic E-state index is 0.00685. The molecule has 2 N–H and O–H groups in total. The van der Waals surface area contributed by atoms with Gasteiger partial charge in [-0.05, 0) is 25.9 Å². The van der Waals surface area contributed by atoms with Gasteiger partial charge in [0.25, 0.3) is 0 Å². The molecular weight excluding hydrogens is 194 g/mol. The molecule has 1 aromatic heterocycles. The summed E-state index contributed by atoms with van der Waals surface area (Å²) in [6.07, 6.45) is 4.98. The lowest BCUT2D eigenvalue weighted by Gasteiger charge is -2.23. The standard InChI is InChI=1S/C9H15N5O/c15-9(5-14-7-11-6-12-14)13-8-1-3-10-4-2-8/h6-8,10H,1-5H2,(H,13,15). The number of aromatic nitrogens is 3. The van der Waals surface area contributed by atoms with Gasteiger partial charge in [-0.2, -0.15) is 5.10 Å². The van der Waals surface area contributed by atoms with Gasteiger partial charge >= 0.3 is 0 Å². The highest BCUT2D eigenvalue weighted by Gasteiger charge is 2.15. The van der Waals surface area contributed by atoms with E-state index in [9.17, 15) is 4.79 Å². The zero-order valence-corrected chi connectivity index (χ0v) is 8.52. The minimum Gasteiger partial charge on any atom is -0.352 e. The number of rotatable bonds is 3. The van der Waals surface area contributed by atoms with Crippen LogP contribution in [0.4, 0.5) is 0 Å². The van der Waals surface area contributed by atoms with Crippen LogP contribution in [0.15, 0.2) is 12.7 Å². The van der Waals surface area contributed by atoms with E-state index in [1.54, 1.807) is 6.33 Å². The molecule has 0 aliphatic carbocycles. The van der Waals surface area contributed by atoms with Crippen molar-refractivity contribution in [1.82, 2.24) is 25.4 Å². The van der Waals surface area contributed by atoms with E-state index in [-0.39, 0.29) is 12.5 Å². The van der Waals surface area contributed by atoms with Crippen molar-refractivity contribution < 1.29 is 4.79 Å². The Morgan fingerprint density at radius 3 is 3.00 bits per heavy atom. The average Bonchev–Trinajstić information content (AvgIpc) is 2.71. The molecule has 0 bridgehead atoms. The van der Waals surface area contributed by atoms with Gasteiger partial charge in [0.1, 0.15) is 19.2 Å². The summed E-state index contributed by atoms with van der Waals surface area (Å²) >= 11 is 0. The van der Waals surface area contributed by atoms with E-state index < -0.39 is 0 Å². The Balaban J connectivity index is 1.76. The number of piperidine rings is 1. The van der Waals surface area contributed by atoms with Gasteiger partial charge in [0.2, 0.25) is 5.91 Å². The molecule has 1 aliphatic heterocycles. The van der Waals surface area contributed by atoms with E-state index in [0.29, 0.717) is 6.04 Å². The van der Waals surface area contributed by atoms with E-state index in [4.69, 9.17) is 0 Å².